The van der Waals surface area contributed by atoms with E-state index in [-0.39, 0.29) is 48.8 Å². The fourth-order valence-corrected chi connectivity index (χ4v) is 7.28. The van der Waals surface area contributed by atoms with Gasteiger partial charge in [-0.05, 0) is 51.6 Å². The highest BCUT2D eigenvalue weighted by atomic mass is 32.1. The minimum atomic E-state index is -2.38. The monoisotopic (exact) mass is 760 g/mol. The van der Waals surface area contributed by atoms with Gasteiger partial charge in [0.2, 0.25) is 46.6 Å². The maximum absolute atomic E-state index is 14.7. The van der Waals surface area contributed by atoms with Crippen LogP contribution < -0.4 is 10.1 Å². The van der Waals surface area contributed by atoms with Crippen LogP contribution in [0.4, 0.5) is 22.0 Å². The predicted octanol–water partition coefficient (Wildman–Crippen LogP) is 7.97. The maximum Gasteiger partial charge on any atom is 0.363 e. The second-order valence-electron chi connectivity index (χ2n) is 13.8. The van der Waals surface area contributed by atoms with Crippen LogP contribution in [0.3, 0.4) is 0 Å². The first-order valence-electron chi connectivity index (χ1n) is 18.3. The van der Waals surface area contributed by atoms with Gasteiger partial charge in [-0.15, -0.1) is 11.3 Å². The SMILES string of the molecule is CCCCCCN(C(=O)[C@@H](NC(=O)[C@H]1CCCCN1C)[C@@H](C)CC)[C@H](C[C@@H](OCC)c1nc(C(=O)Oc2c(F)c(F)c(F)c(F)c2F)cs1)C(C)C. The van der Waals surface area contributed by atoms with Crippen molar-refractivity contribution in [2.24, 2.45) is 11.8 Å². The number of carbonyl (C=O) groups excluding carboxylic acids is 3. The third kappa shape index (κ3) is 10.7. The number of nitrogens with zero attached hydrogens (tertiary/aromatic N) is 3. The number of esters is 1. The molecule has 0 unspecified atom stereocenters. The first-order chi connectivity index (χ1) is 24.7. The molecule has 0 aliphatic carbocycles. The van der Waals surface area contributed by atoms with Crippen molar-refractivity contribution in [1.29, 1.82) is 0 Å². The molecule has 0 bridgehead atoms. The molecule has 292 valence electrons. The number of nitrogens with one attached hydrogen (secondary N) is 1. The van der Waals surface area contributed by atoms with E-state index in [1.807, 2.05) is 44.5 Å². The summed E-state index contributed by atoms with van der Waals surface area (Å²) in [5.41, 5.74) is -0.422. The lowest BCUT2D eigenvalue weighted by molar-refractivity contribution is -0.143. The fraction of sp³-hybridized carbons (Fsp3) is 0.676. The molecular formula is C37H53F5N4O5S. The number of carbonyl (C=O) groups is 3. The van der Waals surface area contributed by atoms with E-state index >= 15 is 0 Å². The molecule has 5 atom stereocenters. The van der Waals surface area contributed by atoms with Crippen LogP contribution in [0.2, 0.25) is 0 Å². The number of hydrogen-bond donors (Lipinski definition) is 1. The molecule has 1 aromatic heterocycles. The Balaban J connectivity index is 1.92. The third-order valence-corrected chi connectivity index (χ3v) is 10.7. The first kappa shape index (κ1) is 43.2. The van der Waals surface area contributed by atoms with Crippen LogP contribution in [0.1, 0.15) is 121 Å². The summed E-state index contributed by atoms with van der Waals surface area (Å²) in [5, 5.41) is 4.66. The molecule has 9 nitrogen and oxygen atoms in total. The third-order valence-electron chi connectivity index (χ3n) is 9.75. The lowest BCUT2D eigenvalue weighted by Gasteiger charge is -2.40. The average molecular weight is 761 g/mol. The number of halogens is 5. The molecule has 1 saturated heterocycles. The molecule has 1 aliphatic rings. The summed E-state index contributed by atoms with van der Waals surface area (Å²) in [4.78, 5) is 49.2. The van der Waals surface area contributed by atoms with Crippen molar-refractivity contribution in [2.75, 3.05) is 26.7 Å². The van der Waals surface area contributed by atoms with Gasteiger partial charge in [-0.1, -0.05) is 66.7 Å². The number of unbranched alkanes of at least 4 members (excludes halogenated alkanes) is 3. The molecule has 2 amide bonds. The Labute approximate surface area is 307 Å². The van der Waals surface area contributed by atoms with Gasteiger partial charge in [0, 0.05) is 31.0 Å². The Morgan fingerprint density at radius 3 is 2.21 bits per heavy atom. The molecule has 15 heteroatoms. The van der Waals surface area contributed by atoms with E-state index in [4.69, 9.17) is 4.74 Å². The summed E-state index contributed by atoms with van der Waals surface area (Å²) in [6.07, 6.45) is 6.53. The van der Waals surface area contributed by atoms with Crippen molar-refractivity contribution in [3.05, 3.63) is 45.2 Å². The van der Waals surface area contributed by atoms with Crippen molar-refractivity contribution in [3.63, 3.8) is 0 Å². The van der Waals surface area contributed by atoms with Crippen molar-refractivity contribution in [1.82, 2.24) is 20.1 Å². The zero-order chi connectivity index (χ0) is 38.7. The largest absolute Gasteiger partial charge is 0.415 e. The van der Waals surface area contributed by atoms with Gasteiger partial charge in [-0.2, -0.15) is 8.78 Å². The summed E-state index contributed by atoms with van der Waals surface area (Å²) >= 11 is 0.993. The van der Waals surface area contributed by atoms with Crippen LogP contribution in [0.5, 0.6) is 5.75 Å². The number of aromatic nitrogens is 1. The van der Waals surface area contributed by atoms with Gasteiger partial charge in [-0.3, -0.25) is 14.5 Å². The number of amides is 2. The topological polar surface area (TPSA) is 101 Å². The number of rotatable bonds is 19. The molecule has 52 heavy (non-hydrogen) atoms. The molecular weight excluding hydrogens is 707 g/mol. The summed E-state index contributed by atoms with van der Waals surface area (Å²) in [5.74, 6) is -15.2. The van der Waals surface area contributed by atoms with E-state index in [0.29, 0.717) is 18.0 Å². The van der Waals surface area contributed by atoms with Crippen LogP contribution >= 0.6 is 11.3 Å². The normalized spacial score (nSPS) is 17.4. The smallest absolute Gasteiger partial charge is 0.363 e. The Morgan fingerprint density at radius 1 is 0.981 bits per heavy atom. The van der Waals surface area contributed by atoms with E-state index in [9.17, 15) is 36.3 Å². The number of thiazole rings is 1. The first-order valence-corrected chi connectivity index (χ1v) is 19.2. The van der Waals surface area contributed by atoms with E-state index in [1.54, 1.807) is 6.92 Å². The molecule has 3 rings (SSSR count). The van der Waals surface area contributed by atoms with E-state index < -0.39 is 58.6 Å². The highest BCUT2D eigenvalue weighted by Crippen LogP contribution is 2.33. The number of piperidine rings is 1. The molecule has 1 N–H and O–H groups in total. The summed E-state index contributed by atoms with van der Waals surface area (Å²) in [6.45, 7) is 13.3. The second kappa shape index (κ2) is 20.3. The van der Waals surface area contributed by atoms with Crippen LogP contribution in [0, 0.1) is 40.9 Å². The quantitative estimate of drug-likeness (QED) is 0.0387. The maximum atomic E-state index is 14.7. The van der Waals surface area contributed by atoms with E-state index in [2.05, 4.69) is 22.0 Å². The van der Waals surface area contributed by atoms with Crippen LogP contribution in [0.15, 0.2) is 5.38 Å². The van der Waals surface area contributed by atoms with Crippen LogP contribution in [0.25, 0.3) is 0 Å². The highest BCUT2D eigenvalue weighted by molar-refractivity contribution is 7.09. The van der Waals surface area contributed by atoms with Gasteiger partial charge in [-0.25, -0.2) is 22.9 Å². The fourth-order valence-electron chi connectivity index (χ4n) is 6.43. The molecule has 0 spiro atoms. The second-order valence-corrected chi connectivity index (χ2v) is 14.7. The lowest BCUT2D eigenvalue weighted by Crippen LogP contribution is -2.59. The molecule has 2 heterocycles. The molecule has 1 fully saturated rings. The molecule has 1 aliphatic heterocycles. The predicted molar refractivity (Wildman–Crippen MR) is 188 cm³/mol. The minimum Gasteiger partial charge on any atom is -0.415 e. The lowest BCUT2D eigenvalue weighted by atomic mass is 9.91. The van der Waals surface area contributed by atoms with Gasteiger partial charge in [0.1, 0.15) is 17.2 Å². The van der Waals surface area contributed by atoms with Crippen LogP contribution in [-0.4, -0.2) is 77.4 Å². The molecule has 1 aromatic carbocycles. The summed E-state index contributed by atoms with van der Waals surface area (Å²) in [6, 6.07) is -1.46. The van der Waals surface area contributed by atoms with Gasteiger partial charge >= 0.3 is 5.97 Å². The van der Waals surface area contributed by atoms with Crippen molar-refractivity contribution in [2.45, 2.75) is 124 Å². The Hall–Kier alpha value is -3.17. The molecule has 2 aromatic rings. The van der Waals surface area contributed by atoms with E-state index in [1.165, 1.54) is 5.38 Å². The zero-order valence-corrected chi connectivity index (χ0v) is 32.0. The van der Waals surface area contributed by atoms with Crippen molar-refractivity contribution in [3.8, 4) is 5.75 Å². The van der Waals surface area contributed by atoms with Crippen molar-refractivity contribution >= 4 is 29.1 Å². The Morgan fingerprint density at radius 2 is 1.63 bits per heavy atom. The average Bonchev–Trinajstić information content (AvgIpc) is 3.63. The highest BCUT2D eigenvalue weighted by Gasteiger charge is 2.38. The number of likely N-dealkylation sites (N-methyl/N-ethyl adjacent to an activating group) is 1. The Bertz CT molecular complexity index is 1480. The number of hydrogen-bond acceptors (Lipinski definition) is 8. The summed E-state index contributed by atoms with van der Waals surface area (Å²) < 4.78 is 80.1. The molecule has 0 radical (unpaired) electrons. The zero-order valence-electron chi connectivity index (χ0n) is 31.2. The van der Waals surface area contributed by atoms with Gasteiger partial charge in [0.05, 0.1) is 6.04 Å². The number of ether oxygens (including phenoxy) is 2. The van der Waals surface area contributed by atoms with Gasteiger partial charge < -0.3 is 19.7 Å². The van der Waals surface area contributed by atoms with E-state index in [0.717, 1.165) is 62.8 Å². The number of likely N-dealkylation sites (tertiary alicyclic amines) is 1. The van der Waals surface area contributed by atoms with Crippen molar-refractivity contribution < 1.29 is 45.8 Å². The Kier molecular flexibility index (Phi) is 16.9. The number of benzene rings is 1. The summed E-state index contributed by atoms with van der Waals surface area (Å²) in [7, 11) is 1.93. The van der Waals surface area contributed by atoms with Gasteiger partial charge in [0.25, 0.3) is 0 Å². The standard InChI is InChI=1S/C37H53F5N4O5S/c1-8-11-12-14-18-46(36(48)32(22(6)9-2)44-34(47)24-16-13-15-17-45(24)7)25(21(4)5)19-26(50-10-3)35-43-23(20-52-35)37(49)51-33-30(41)28(39)27(38)29(40)31(33)42/h20-22,24-26,32H,8-19H2,1-7H3,(H,44,47)/t22-,24+,25+,26+,32-/m0/s1. The minimum absolute atomic E-state index is 0.0746. The molecule has 0 saturated carbocycles. The van der Waals surface area contributed by atoms with Gasteiger partial charge in [0.15, 0.2) is 5.69 Å². The van der Waals surface area contributed by atoms with Crippen LogP contribution in [-0.2, 0) is 14.3 Å².